The molecule has 18 heavy (non-hydrogen) atoms. The van der Waals surface area contributed by atoms with Crippen molar-refractivity contribution in [2.24, 2.45) is 11.8 Å². The highest BCUT2D eigenvalue weighted by Gasteiger charge is 2.33. The summed E-state index contributed by atoms with van der Waals surface area (Å²) in [4.78, 5) is 0. The van der Waals surface area contributed by atoms with Gasteiger partial charge in [-0.1, -0.05) is 6.92 Å². The van der Waals surface area contributed by atoms with Crippen LogP contribution in [0, 0.1) is 11.8 Å². The van der Waals surface area contributed by atoms with Crippen molar-refractivity contribution in [3.8, 4) is 0 Å². The first-order valence-electron chi connectivity index (χ1n) is 7.30. The Hall–Kier alpha value is -0.130. The molecule has 0 bridgehead atoms. The molecular weight excluding hydrogens is 248 g/mol. The lowest BCUT2D eigenvalue weighted by molar-refractivity contribution is 0.267. The van der Waals surface area contributed by atoms with Crippen molar-refractivity contribution in [3.63, 3.8) is 0 Å². The summed E-state index contributed by atoms with van der Waals surface area (Å²) >= 11 is 0. The molecule has 1 saturated heterocycles. The van der Waals surface area contributed by atoms with E-state index in [0.717, 1.165) is 58.3 Å². The quantitative estimate of drug-likeness (QED) is 0.715. The summed E-state index contributed by atoms with van der Waals surface area (Å²) in [6, 6.07) is 0. The molecule has 0 aromatic carbocycles. The van der Waals surface area contributed by atoms with E-state index in [1.54, 1.807) is 4.31 Å². The summed E-state index contributed by atoms with van der Waals surface area (Å²) in [6.07, 6.45) is 5.41. The molecule has 5 heteroatoms. The van der Waals surface area contributed by atoms with Crippen LogP contribution in [-0.2, 0) is 10.0 Å². The maximum absolute atomic E-state index is 12.1. The van der Waals surface area contributed by atoms with Crippen LogP contribution in [0.1, 0.15) is 39.0 Å². The van der Waals surface area contributed by atoms with Crippen LogP contribution in [-0.4, -0.2) is 44.7 Å². The first-order valence-corrected chi connectivity index (χ1v) is 8.91. The van der Waals surface area contributed by atoms with Crippen molar-refractivity contribution in [3.05, 3.63) is 0 Å². The molecule has 0 unspecified atom stereocenters. The van der Waals surface area contributed by atoms with Crippen LogP contribution in [0.15, 0.2) is 0 Å². The Morgan fingerprint density at radius 3 is 2.33 bits per heavy atom. The lowest BCUT2D eigenvalue weighted by atomic mass is 9.98. The van der Waals surface area contributed by atoms with E-state index < -0.39 is 10.0 Å². The normalized spacial score (nSPS) is 23.4. The summed E-state index contributed by atoms with van der Waals surface area (Å²) in [5.41, 5.74) is 0. The third-order valence-electron chi connectivity index (χ3n) is 3.97. The molecule has 0 atom stereocenters. The lowest BCUT2D eigenvalue weighted by Gasteiger charge is -2.31. The minimum atomic E-state index is -2.96. The van der Waals surface area contributed by atoms with E-state index >= 15 is 0 Å². The van der Waals surface area contributed by atoms with Gasteiger partial charge < -0.3 is 5.32 Å². The Balaban J connectivity index is 1.72. The van der Waals surface area contributed by atoms with E-state index in [-0.39, 0.29) is 0 Å². The average Bonchev–Trinajstić information content (AvgIpc) is 3.13. The predicted octanol–water partition coefficient (Wildman–Crippen LogP) is 1.44. The van der Waals surface area contributed by atoms with Crippen LogP contribution in [0.3, 0.4) is 0 Å². The minimum Gasteiger partial charge on any atom is -0.316 e. The third-order valence-corrected chi connectivity index (χ3v) is 6.01. The fourth-order valence-corrected chi connectivity index (χ4v) is 4.47. The van der Waals surface area contributed by atoms with E-state index in [9.17, 15) is 8.42 Å². The molecule has 0 radical (unpaired) electrons. The molecule has 2 aliphatic rings. The second-order valence-electron chi connectivity index (χ2n) is 5.77. The molecule has 1 N–H and O–H groups in total. The second-order valence-corrected chi connectivity index (χ2v) is 7.78. The zero-order valence-electron chi connectivity index (χ0n) is 11.4. The van der Waals surface area contributed by atoms with Crippen LogP contribution in [0.5, 0.6) is 0 Å². The molecule has 0 amide bonds. The summed E-state index contributed by atoms with van der Waals surface area (Å²) in [5.74, 6) is 1.51. The van der Waals surface area contributed by atoms with Gasteiger partial charge in [0.2, 0.25) is 10.0 Å². The molecule has 0 spiro atoms. The third kappa shape index (κ3) is 4.21. The fraction of sp³-hybridized carbons (Fsp3) is 1.00. The first kappa shape index (κ1) is 14.3. The number of rotatable bonds is 7. The zero-order chi connectivity index (χ0) is 13.0. The highest BCUT2D eigenvalue weighted by molar-refractivity contribution is 7.89. The number of nitrogens with one attached hydrogen (secondary N) is 1. The first-order chi connectivity index (χ1) is 8.62. The van der Waals surface area contributed by atoms with Crippen molar-refractivity contribution in [2.45, 2.75) is 39.0 Å². The van der Waals surface area contributed by atoms with Crippen molar-refractivity contribution in [1.29, 1.82) is 0 Å². The molecule has 1 aliphatic heterocycles. The van der Waals surface area contributed by atoms with Crippen molar-refractivity contribution >= 4 is 10.0 Å². The van der Waals surface area contributed by atoms with E-state index in [1.807, 2.05) is 0 Å². The fourth-order valence-electron chi connectivity index (χ4n) is 2.56. The molecular formula is C13H26N2O2S. The highest BCUT2D eigenvalue weighted by Crippen LogP contribution is 2.32. The molecule has 2 rings (SSSR count). The number of sulfonamides is 1. The second kappa shape index (κ2) is 6.35. The molecule has 4 nitrogen and oxygen atoms in total. The van der Waals surface area contributed by atoms with Crippen molar-refractivity contribution < 1.29 is 8.42 Å². The highest BCUT2D eigenvalue weighted by atomic mass is 32.2. The van der Waals surface area contributed by atoms with Crippen LogP contribution >= 0.6 is 0 Å². The monoisotopic (exact) mass is 274 g/mol. The zero-order valence-corrected chi connectivity index (χ0v) is 12.2. The van der Waals surface area contributed by atoms with Crippen LogP contribution in [0.2, 0.25) is 0 Å². The standard InChI is InChI=1S/C13H26N2O2S/c1-2-7-14-10-12-5-8-15(9-6-12)18(16,17)11-13-3-4-13/h12-14H,2-11H2,1H3. The molecule has 1 saturated carbocycles. The van der Waals surface area contributed by atoms with Crippen molar-refractivity contribution in [2.75, 3.05) is 31.9 Å². The maximum Gasteiger partial charge on any atom is 0.214 e. The minimum absolute atomic E-state index is 0.395. The number of nitrogens with zero attached hydrogens (tertiary/aromatic N) is 1. The molecule has 2 fully saturated rings. The van der Waals surface area contributed by atoms with Gasteiger partial charge in [0.25, 0.3) is 0 Å². The van der Waals surface area contributed by atoms with Gasteiger partial charge in [0.05, 0.1) is 5.75 Å². The Bertz CT molecular complexity index is 344. The van der Waals surface area contributed by atoms with Gasteiger partial charge in [-0.3, -0.25) is 0 Å². The van der Waals surface area contributed by atoms with Gasteiger partial charge in [-0.2, -0.15) is 0 Å². The van der Waals surface area contributed by atoms with E-state index in [1.165, 1.54) is 0 Å². The van der Waals surface area contributed by atoms with Crippen LogP contribution in [0.25, 0.3) is 0 Å². The lowest BCUT2D eigenvalue weighted by Crippen LogP contribution is -2.42. The molecule has 106 valence electrons. The van der Waals surface area contributed by atoms with Gasteiger partial charge >= 0.3 is 0 Å². The van der Waals surface area contributed by atoms with Gasteiger partial charge in [0.1, 0.15) is 0 Å². The summed E-state index contributed by atoms with van der Waals surface area (Å²) in [7, 11) is -2.96. The average molecular weight is 274 g/mol. The molecule has 1 aliphatic carbocycles. The van der Waals surface area contributed by atoms with Crippen LogP contribution < -0.4 is 5.32 Å². The van der Waals surface area contributed by atoms with Crippen LogP contribution in [0.4, 0.5) is 0 Å². The number of piperidine rings is 1. The Morgan fingerprint density at radius 1 is 1.11 bits per heavy atom. The smallest absolute Gasteiger partial charge is 0.214 e. The summed E-state index contributed by atoms with van der Waals surface area (Å²) in [6.45, 7) is 5.74. The number of hydrogen-bond acceptors (Lipinski definition) is 3. The van der Waals surface area contributed by atoms with Gasteiger partial charge in [-0.15, -0.1) is 0 Å². The van der Waals surface area contributed by atoms with E-state index in [2.05, 4.69) is 12.2 Å². The number of hydrogen-bond donors (Lipinski definition) is 1. The largest absolute Gasteiger partial charge is 0.316 e. The maximum atomic E-state index is 12.1. The van der Waals surface area contributed by atoms with Crippen molar-refractivity contribution in [1.82, 2.24) is 9.62 Å². The Kier molecular flexibility index (Phi) is 5.04. The van der Waals surface area contributed by atoms with Gasteiger partial charge in [0.15, 0.2) is 0 Å². The summed E-state index contributed by atoms with van der Waals surface area (Å²) in [5, 5.41) is 3.43. The van der Waals surface area contributed by atoms with Gasteiger partial charge in [-0.05, 0) is 57.0 Å². The topological polar surface area (TPSA) is 49.4 Å². The SMILES string of the molecule is CCCNCC1CCN(S(=O)(=O)CC2CC2)CC1. The molecule has 0 aromatic heterocycles. The molecule has 0 aromatic rings. The Morgan fingerprint density at radius 2 is 1.78 bits per heavy atom. The van der Waals surface area contributed by atoms with E-state index in [0.29, 0.717) is 17.6 Å². The van der Waals surface area contributed by atoms with Gasteiger partial charge in [0, 0.05) is 13.1 Å². The predicted molar refractivity (Wildman–Crippen MR) is 74.0 cm³/mol. The van der Waals surface area contributed by atoms with E-state index in [4.69, 9.17) is 0 Å². The Labute approximate surface area is 111 Å². The van der Waals surface area contributed by atoms with Gasteiger partial charge in [-0.25, -0.2) is 12.7 Å². The molecule has 1 heterocycles. The summed E-state index contributed by atoms with van der Waals surface area (Å²) < 4.78 is 26.0.